The molecule has 4 nitrogen and oxygen atoms in total. The van der Waals surface area contributed by atoms with Crippen molar-refractivity contribution in [2.24, 2.45) is 5.73 Å². The summed E-state index contributed by atoms with van der Waals surface area (Å²) < 4.78 is 18.6. The summed E-state index contributed by atoms with van der Waals surface area (Å²) in [7, 11) is 0. The number of hydrogen-bond acceptors (Lipinski definition) is 5. The van der Waals surface area contributed by atoms with E-state index in [2.05, 4.69) is 10.1 Å². The van der Waals surface area contributed by atoms with Gasteiger partial charge in [0.1, 0.15) is 5.82 Å². The highest BCUT2D eigenvalue weighted by Gasteiger charge is 2.15. The molecule has 19 heavy (non-hydrogen) atoms. The summed E-state index contributed by atoms with van der Waals surface area (Å²) in [4.78, 5) is 4.23. The first-order chi connectivity index (χ1) is 9.11. The summed E-state index contributed by atoms with van der Waals surface area (Å²) in [5.41, 5.74) is 7.12. The van der Waals surface area contributed by atoms with Gasteiger partial charge >= 0.3 is 0 Å². The predicted octanol–water partition coefficient (Wildman–Crippen LogP) is 2.94. The van der Waals surface area contributed by atoms with E-state index in [-0.39, 0.29) is 11.9 Å². The second kappa shape index (κ2) is 6.16. The van der Waals surface area contributed by atoms with E-state index in [0.717, 1.165) is 12.2 Å². The third-order valence-corrected chi connectivity index (χ3v) is 3.47. The molecule has 0 aliphatic carbocycles. The number of hydrogen-bond donors (Lipinski definition) is 1. The molecule has 0 amide bonds. The van der Waals surface area contributed by atoms with Crippen LogP contribution in [0, 0.1) is 12.7 Å². The zero-order valence-electron chi connectivity index (χ0n) is 10.9. The number of aryl methyl sites for hydroxylation is 1. The van der Waals surface area contributed by atoms with Crippen LogP contribution in [-0.2, 0) is 0 Å². The molecule has 0 aliphatic rings. The van der Waals surface area contributed by atoms with Crippen molar-refractivity contribution >= 4 is 11.8 Å². The van der Waals surface area contributed by atoms with Crippen molar-refractivity contribution in [3.8, 4) is 11.4 Å². The fourth-order valence-electron chi connectivity index (χ4n) is 1.60. The van der Waals surface area contributed by atoms with Crippen molar-refractivity contribution in [1.29, 1.82) is 0 Å². The fraction of sp³-hybridized carbons (Fsp3) is 0.385. The summed E-state index contributed by atoms with van der Waals surface area (Å²) in [6.07, 6.45) is 2.78. The van der Waals surface area contributed by atoms with Crippen molar-refractivity contribution in [3.63, 3.8) is 0 Å². The minimum Gasteiger partial charge on any atom is -0.337 e. The number of thioether (sulfide) groups is 1. The lowest BCUT2D eigenvalue weighted by Gasteiger charge is -2.03. The third-order valence-electron chi connectivity index (χ3n) is 2.82. The first-order valence-electron chi connectivity index (χ1n) is 5.96. The van der Waals surface area contributed by atoms with Crippen molar-refractivity contribution in [2.75, 3.05) is 12.0 Å². The van der Waals surface area contributed by atoms with Crippen molar-refractivity contribution in [3.05, 3.63) is 35.5 Å². The van der Waals surface area contributed by atoms with Gasteiger partial charge in [0, 0.05) is 5.56 Å². The molecule has 2 rings (SSSR count). The number of nitrogens with zero attached hydrogens (tertiary/aromatic N) is 2. The van der Waals surface area contributed by atoms with Gasteiger partial charge in [0.05, 0.1) is 6.04 Å². The van der Waals surface area contributed by atoms with Crippen LogP contribution in [0.25, 0.3) is 11.4 Å². The van der Waals surface area contributed by atoms with Gasteiger partial charge in [0.15, 0.2) is 0 Å². The van der Waals surface area contributed by atoms with E-state index in [9.17, 15) is 4.39 Å². The summed E-state index contributed by atoms with van der Waals surface area (Å²) in [6.45, 7) is 1.71. The van der Waals surface area contributed by atoms with Crippen LogP contribution < -0.4 is 5.73 Å². The van der Waals surface area contributed by atoms with Crippen molar-refractivity contribution in [2.45, 2.75) is 19.4 Å². The molecule has 0 aliphatic heterocycles. The van der Waals surface area contributed by atoms with Crippen LogP contribution in [0.4, 0.5) is 4.39 Å². The van der Waals surface area contributed by atoms with Gasteiger partial charge in [0.2, 0.25) is 11.7 Å². The van der Waals surface area contributed by atoms with Crippen LogP contribution in [0.5, 0.6) is 0 Å². The van der Waals surface area contributed by atoms with E-state index in [1.807, 2.05) is 6.26 Å². The van der Waals surface area contributed by atoms with Gasteiger partial charge in [-0.1, -0.05) is 17.3 Å². The molecule has 102 valence electrons. The average molecular weight is 281 g/mol. The van der Waals surface area contributed by atoms with E-state index in [4.69, 9.17) is 10.3 Å². The number of nitrogens with two attached hydrogens (primary N) is 1. The highest BCUT2D eigenvalue weighted by Crippen LogP contribution is 2.21. The Morgan fingerprint density at radius 2 is 2.26 bits per heavy atom. The number of aromatic nitrogens is 2. The molecule has 0 radical (unpaired) electrons. The van der Waals surface area contributed by atoms with Crippen LogP contribution in [-0.4, -0.2) is 22.1 Å². The molecule has 0 unspecified atom stereocenters. The quantitative estimate of drug-likeness (QED) is 0.912. The predicted molar refractivity (Wildman–Crippen MR) is 74.4 cm³/mol. The Kier molecular flexibility index (Phi) is 4.55. The average Bonchev–Trinajstić information content (AvgIpc) is 2.89. The van der Waals surface area contributed by atoms with Gasteiger partial charge in [-0.2, -0.15) is 16.7 Å². The molecule has 6 heteroatoms. The second-order valence-electron chi connectivity index (χ2n) is 4.31. The molecule has 1 heterocycles. The SMILES string of the molecule is CSCC[C@H](N)c1nc(-c2ccc(C)c(F)c2)no1. The van der Waals surface area contributed by atoms with E-state index in [1.54, 1.807) is 30.8 Å². The molecule has 0 bridgehead atoms. The van der Waals surface area contributed by atoms with Gasteiger partial charge in [-0.15, -0.1) is 0 Å². The lowest BCUT2D eigenvalue weighted by molar-refractivity contribution is 0.353. The molecule has 0 fully saturated rings. The number of halogens is 1. The summed E-state index contributed by atoms with van der Waals surface area (Å²) in [6, 6.07) is 4.58. The highest BCUT2D eigenvalue weighted by atomic mass is 32.2. The van der Waals surface area contributed by atoms with Crippen LogP contribution in [0.2, 0.25) is 0 Å². The van der Waals surface area contributed by atoms with E-state index in [1.165, 1.54) is 6.07 Å². The normalized spacial score (nSPS) is 12.6. The van der Waals surface area contributed by atoms with Crippen molar-refractivity contribution in [1.82, 2.24) is 10.1 Å². The summed E-state index contributed by atoms with van der Waals surface area (Å²) in [5.74, 6) is 1.41. The topological polar surface area (TPSA) is 64.9 Å². The molecule has 1 aromatic heterocycles. The van der Waals surface area contributed by atoms with Gasteiger partial charge in [-0.3, -0.25) is 0 Å². The zero-order valence-corrected chi connectivity index (χ0v) is 11.7. The largest absolute Gasteiger partial charge is 0.337 e. The van der Waals surface area contributed by atoms with Gasteiger partial charge in [-0.05, 0) is 37.0 Å². The van der Waals surface area contributed by atoms with E-state index >= 15 is 0 Å². The second-order valence-corrected chi connectivity index (χ2v) is 5.29. The molecule has 1 aromatic carbocycles. The first kappa shape index (κ1) is 14.0. The highest BCUT2D eigenvalue weighted by molar-refractivity contribution is 7.98. The Bertz CT molecular complexity index is 559. The zero-order chi connectivity index (χ0) is 13.8. The molecule has 0 spiro atoms. The fourth-order valence-corrected chi connectivity index (χ4v) is 2.09. The molecule has 2 aromatic rings. The summed E-state index contributed by atoms with van der Waals surface area (Å²) in [5, 5.41) is 3.85. The van der Waals surface area contributed by atoms with Crippen molar-refractivity contribution < 1.29 is 8.91 Å². The Morgan fingerprint density at radius 1 is 1.47 bits per heavy atom. The Morgan fingerprint density at radius 3 is 2.95 bits per heavy atom. The van der Waals surface area contributed by atoms with Crippen LogP contribution in [0.1, 0.15) is 23.9 Å². The summed E-state index contributed by atoms with van der Waals surface area (Å²) >= 11 is 1.71. The molecular formula is C13H16FN3OS. The number of rotatable bonds is 5. The van der Waals surface area contributed by atoms with Gasteiger partial charge in [-0.25, -0.2) is 4.39 Å². The molecule has 0 saturated carbocycles. The molecular weight excluding hydrogens is 265 g/mol. The molecule has 0 saturated heterocycles. The standard InChI is InChI=1S/C13H16FN3OS/c1-8-3-4-9(7-10(8)14)12-16-13(18-17-12)11(15)5-6-19-2/h3-4,7,11H,5-6,15H2,1-2H3/t11-/m0/s1. The minimum absolute atomic E-state index is 0.274. The van der Waals surface area contributed by atoms with E-state index < -0.39 is 0 Å². The number of benzene rings is 1. The third kappa shape index (κ3) is 3.33. The first-order valence-corrected chi connectivity index (χ1v) is 7.36. The van der Waals surface area contributed by atoms with Gasteiger partial charge in [0.25, 0.3) is 0 Å². The maximum Gasteiger partial charge on any atom is 0.243 e. The van der Waals surface area contributed by atoms with E-state index in [0.29, 0.717) is 22.8 Å². The molecule has 1 atom stereocenters. The molecule has 2 N–H and O–H groups in total. The smallest absolute Gasteiger partial charge is 0.243 e. The lowest BCUT2D eigenvalue weighted by Crippen LogP contribution is -2.11. The Labute approximate surface area is 115 Å². The lowest BCUT2D eigenvalue weighted by atomic mass is 10.1. The van der Waals surface area contributed by atoms with Crippen LogP contribution in [0.3, 0.4) is 0 Å². The minimum atomic E-state index is -0.282. The van der Waals surface area contributed by atoms with Crippen LogP contribution in [0.15, 0.2) is 22.7 Å². The Hall–Kier alpha value is -1.40. The maximum absolute atomic E-state index is 13.5. The maximum atomic E-state index is 13.5. The monoisotopic (exact) mass is 281 g/mol. The Balaban J connectivity index is 2.18. The van der Waals surface area contributed by atoms with Gasteiger partial charge < -0.3 is 10.3 Å². The van der Waals surface area contributed by atoms with Crippen LogP contribution >= 0.6 is 11.8 Å².